The average molecular weight is 811 g/mol. The lowest BCUT2D eigenvalue weighted by Gasteiger charge is -2.24. The summed E-state index contributed by atoms with van der Waals surface area (Å²) in [6.45, 7) is 4.32. The van der Waals surface area contributed by atoms with Crippen LogP contribution in [0.4, 0.5) is 0 Å². The summed E-state index contributed by atoms with van der Waals surface area (Å²) in [5.41, 5.74) is 0. The second-order valence-electron chi connectivity index (χ2n) is 16.1. The topological polar surface area (TPSA) is 108 Å². The number of carbonyl (C=O) groups is 2. The Morgan fingerprint density at radius 2 is 1.00 bits per heavy atom. The molecule has 10 heteroatoms. The molecule has 0 saturated heterocycles. The summed E-state index contributed by atoms with van der Waals surface area (Å²) in [6, 6.07) is 0. The third-order valence-electron chi connectivity index (χ3n) is 9.34. The fourth-order valence-corrected chi connectivity index (χ4v) is 6.57. The molecule has 0 spiro atoms. The third kappa shape index (κ3) is 41.6. The largest absolute Gasteiger partial charge is 0.472 e. The van der Waals surface area contributed by atoms with Gasteiger partial charge in [-0.05, 0) is 51.4 Å². The summed E-state index contributed by atoms with van der Waals surface area (Å²) < 4.78 is 34.3. The Bertz CT molecular complexity index is 1100. The van der Waals surface area contributed by atoms with E-state index in [-0.39, 0.29) is 26.1 Å². The van der Waals surface area contributed by atoms with E-state index in [4.69, 9.17) is 18.5 Å². The van der Waals surface area contributed by atoms with Crippen LogP contribution in [0.25, 0.3) is 0 Å². The van der Waals surface area contributed by atoms with E-state index in [9.17, 15) is 19.0 Å². The highest BCUT2D eigenvalue weighted by molar-refractivity contribution is 7.47. The van der Waals surface area contributed by atoms with Crippen LogP contribution in [0.3, 0.4) is 0 Å². The zero-order valence-electron chi connectivity index (χ0n) is 36.6. The van der Waals surface area contributed by atoms with Crippen molar-refractivity contribution in [3.63, 3.8) is 0 Å². The van der Waals surface area contributed by atoms with Crippen molar-refractivity contribution < 1.29 is 42.1 Å². The van der Waals surface area contributed by atoms with Gasteiger partial charge in [0.25, 0.3) is 0 Å². The van der Waals surface area contributed by atoms with Crippen LogP contribution in [0.2, 0.25) is 0 Å². The van der Waals surface area contributed by atoms with Gasteiger partial charge in [-0.15, -0.1) is 0 Å². The van der Waals surface area contributed by atoms with Gasteiger partial charge in [0.1, 0.15) is 19.8 Å². The zero-order valence-corrected chi connectivity index (χ0v) is 37.5. The number of ether oxygens (including phenoxy) is 2. The molecular formula is C46H85NO8P+. The van der Waals surface area contributed by atoms with E-state index in [2.05, 4.69) is 62.5 Å². The van der Waals surface area contributed by atoms with Crippen molar-refractivity contribution in [3.05, 3.63) is 48.6 Å². The van der Waals surface area contributed by atoms with Crippen LogP contribution in [-0.2, 0) is 32.7 Å². The Morgan fingerprint density at radius 1 is 0.554 bits per heavy atom. The molecule has 0 aliphatic carbocycles. The summed E-state index contributed by atoms with van der Waals surface area (Å²) in [5, 5.41) is 0. The molecule has 9 nitrogen and oxygen atoms in total. The van der Waals surface area contributed by atoms with E-state index in [1.165, 1.54) is 83.5 Å². The number of likely N-dealkylation sites (N-methyl/N-ethyl adjacent to an activating group) is 1. The molecule has 0 bridgehead atoms. The number of unbranched alkanes of at least 4 members (excludes halogenated alkanes) is 18. The number of phosphoric ester groups is 1. The number of rotatable bonds is 40. The Balaban J connectivity index is 4.40. The number of nitrogens with zero attached hydrogens (tertiary/aromatic N) is 1. The molecule has 56 heavy (non-hydrogen) atoms. The SMILES string of the molecule is CCC/C=C/C/C=C/C/C=C/C/C=C/CCCCCC(=O)OC[C@H](COP(=O)(O)OCC[N+](C)(C)C)OC(=O)CCCCCCCCCCCCCCCCC. The highest BCUT2D eigenvalue weighted by Gasteiger charge is 2.27. The number of esters is 2. The maximum absolute atomic E-state index is 12.7. The van der Waals surface area contributed by atoms with Crippen LogP contribution < -0.4 is 0 Å². The van der Waals surface area contributed by atoms with Gasteiger partial charge in [-0.2, -0.15) is 0 Å². The van der Waals surface area contributed by atoms with Gasteiger partial charge < -0.3 is 18.9 Å². The van der Waals surface area contributed by atoms with Gasteiger partial charge in [-0.3, -0.25) is 18.6 Å². The molecule has 0 aliphatic rings. The van der Waals surface area contributed by atoms with E-state index in [0.29, 0.717) is 23.9 Å². The molecule has 0 rings (SSSR count). The molecule has 0 aromatic rings. The van der Waals surface area contributed by atoms with Gasteiger partial charge in [0.2, 0.25) is 0 Å². The van der Waals surface area contributed by atoms with Gasteiger partial charge in [0.05, 0.1) is 27.7 Å². The normalized spacial score (nSPS) is 14.0. The van der Waals surface area contributed by atoms with Crippen LogP contribution in [0, 0.1) is 0 Å². The van der Waals surface area contributed by atoms with E-state index >= 15 is 0 Å². The Kier molecular flexibility index (Phi) is 37.1. The molecule has 0 aliphatic heterocycles. The third-order valence-corrected chi connectivity index (χ3v) is 10.3. The van der Waals surface area contributed by atoms with Crippen molar-refractivity contribution in [2.45, 2.75) is 187 Å². The second kappa shape index (κ2) is 38.5. The van der Waals surface area contributed by atoms with Gasteiger partial charge in [0.15, 0.2) is 6.10 Å². The zero-order chi connectivity index (χ0) is 41.4. The molecule has 2 atom stereocenters. The number of hydrogen-bond acceptors (Lipinski definition) is 7. The van der Waals surface area contributed by atoms with E-state index in [1.807, 2.05) is 21.1 Å². The predicted octanol–water partition coefficient (Wildman–Crippen LogP) is 12.7. The highest BCUT2D eigenvalue weighted by atomic mass is 31.2. The molecule has 0 aromatic carbocycles. The van der Waals surface area contributed by atoms with Crippen molar-refractivity contribution in [1.29, 1.82) is 0 Å². The van der Waals surface area contributed by atoms with Crippen LogP contribution in [-0.4, -0.2) is 74.9 Å². The first-order valence-corrected chi connectivity index (χ1v) is 23.9. The first-order chi connectivity index (χ1) is 27.0. The fourth-order valence-electron chi connectivity index (χ4n) is 5.83. The number of allylic oxidation sites excluding steroid dienone is 8. The fraction of sp³-hybridized carbons (Fsp3) is 0.783. The maximum Gasteiger partial charge on any atom is 0.472 e. The summed E-state index contributed by atoms with van der Waals surface area (Å²) in [6.07, 6.45) is 44.4. The highest BCUT2D eigenvalue weighted by Crippen LogP contribution is 2.43. The Morgan fingerprint density at radius 3 is 1.50 bits per heavy atom. The van der Waals surface area contributed by atoms with Gasteiger partial charge >= 0.3 is 19.8 Å². The Labute approximate surface area is 343 Å². The van der Waals surface area contributed by atoms with Crippen LogP contribution in [0.5, 0.6) is 0 Å². The monoisotopic (exact) mass is 811 g/mol. The minimum Gasteiger partial charge on any atom is -0.462 e. The van der Waals surface area contributed by atoms with E-state index in [0.717, 1.165) is 57.8 Å². The molecule has 1 unspecified atom stereocenters. The lowest BCUT2D eigenvalue weighted by Crippen LogP contribution is -2.37. The van der Waals surface area contributed by atoms with Crippen molar-refractivity contribution in [1.82, 2.24) is 0 Å². The average Bonchev–Trinajstić information content (AvgIpc) is 3.15. The van der Waals surface area contributed by atoms with Crippen molar-refractivity contribution >= 4 is 19.8 Å². The number of phosphoric acid groups is 1. The number of hydrogen-bond donors (Lipinski definition) is 1. The predicted molar refractivity (Wildman–Crippen MR) is 233 cm³/mol. The van der Waals surface area contributed by atoms with Crippen molar-refractivity contribution in [2.75, 3.05) is 47.5 Å². The molecule has 0 fully saturated rings. The quantitative estimate of drug-likeness (QED) is 0.0214. The standard InChI is InChI=1S/C46H84NO8P/c1-6-8-10-12-14-16-18-20-22-23-25-26-28-30-32-34-36-38-45(48)52-42-44(43-54-56(50,51)53-41-40-47(3,4)5)55-46(49)39-37-35-33-31-29-27-24-21-19-17-15-13-11-9-7-2/h10,12,16,18,22-23,26,28,44H,6-9,11,13-15,17,19-21,24-25,27,29-43H2,1-5H3/p+1/b12-10+,18-16+,23-22+,28-26+/t44-/m1/s1. The minimum atomic E-state index is -4.38. The lowest BCUT2D eigenvalue weighted by molar-refractivity contribution is -0.870. The van der Waals surface area contributed by atoms with E-state index in [1.54, 1.807) is 0 Å². The van der Waals surface area contributed by atoms with Crippen molar-refractivity contribution in [2.24, 2.45) is 0 Å². The molecule has 0 amide bonds. The molecule has 0 saturated carbocycles. The van der Waals surface area contributed by atoms with Crippen LogP contribution in [0.1, 0.15) is 181 Å². The molecular weight excluding hydrogens is 725 g/mol. The first-order valence-electron chi connectivity index (χ1n) is 22.4. The second-order valence-corrected chi connectivity index (χ2v) is 17.5. The van der Waals surface area contributed by atoms with Crippen LogP contribution in [0.15, 0.2) is 48.6 Å². The summed E-state index contributed by atoms with van der Waals surface area (Å²) >= 11 is 0. The summed E-state index contributed by atoms with van der Waals surface area (Å²) in [7, 11) is 1.46. The molecule has 0 aromatic heterocycles. The first kappa shape index (κ1) is 54.0. The minimum absolute atomic E-state index is 0.0260. The van der Waals surface area contributed by atoms with Gasteiger partial charge in [-0.25, -0.2) is 4.57 Å². The maximum atomic E-state index is 12.7. The van der Waals surface area contributed by atoms with Gasteiger partial charge in [-0.1, -0.05) is 165 Å². The summed E-state index contributed by atoms with van der Waals surface area (Å²) in [5.74, 6) is -0.833. The van der Waals surface area contributed by atoms with Gasteiger partial charge in [0, 0.05) is 12.8 Å². The van der Waals surface area contributed by atoms with Crippen molar-refractivity contribution in [3.8, 4) is 0 Å². The molecule has 1 N–H and O–H groups in total. The van der Waals surface area contributed by atoms with Crippen LogP contribution >= 0.6 is 7.82 Å². The smallest absolute Gasteiger partial charge is 0.462 e. The van der Waals surface area contributed by atoms with E-state index < -0.39 is 32.5 Å². The molecule has 0 radical (unpaired) electrons. The number of carbonyl (C=O) groups excluding carboxylic acids is 2. The summed E-state index contributed by atoms with van der Waals surface area (Å²) in [4.78, 5) is 35.4. The Hall–Kier alpha value is -2.03. The number of quaternary nitrogens is 1. The molecule has 0 heterocycles. The lowest BCUT2D eigenvalue weighted by atomic mass is 10.0. The molecule has 326 valence electrons.